The van der Waals surface area contributed by atoms with E-state index in [1.807, 2.05) is 0 Å². The highest BCUT2D eigenvalue weighted by Gasteiger charge is 2.28. The molecule has 3 aromatic rings. The van der Waals surface area contributed by atoms with E-state index in [1.54, 1.807) is 32.0 Å². The SMILES string of the molecule is Cc1nc(CN(c2nc(Nc3ccc4c(c3)NC(=O)C4)ncc2F)C(F)F)c(N(C)S(C)(=O)=O)nc1C. The summed E-state index contributed by atoms with van der Waals surface area (Å²) in [6.07, 6.45) is 1.92. The second-order valence-corrected chi connectivity index (χ2v) is 10.4. The van der Waals surface area contributed by atoms with Crippen LogP contribution in [0.3, 0.4) is 0 Å². The minimum absolute atomic E-state index is 0.113. The summed E-state index contributed by atoms with van der Waals surface area (Å²) >= 11 is 0. The normalized spacial score (nSPS) is 12.9. The van der Waals surface area contributed by atoms with E-state index in [0.29, 0.717) is 27.7 Å². The lowest BCUT2D eigenvalue weighted by atomic mass is 10.1. The fourth-order valence-corrected chi connectivity index (χ4v) is 4.05. The zero-order valence-electron chi connectivity index (χ0n) is 20.3. The minimum atomic E-state index is -3.80. The second kappa shape index (κ2) is 9.80. The van der Waals surface area contributed by atoms with Gasteiger partial charge >= 0.3 is 6.55 Å². The van der Waals surface area contributed by atoms with E-state index < -0.39 is 34.8 Å². The lowest BCUT2D eigenvalue weighted by Gasteiger charge is -2.26. The number of amides is 1. The zero-order valence-corrected chi connectivity index (χ0v) is 21.1. The van der Waals surface area contributed by atoms with E-state index in [1.165, 1.54) is 7.05 Å². The van der Waals surface area contributed by atoms with Gasteiger partial charge in [0.1, 0.15) is 5.69 Å². The van der Waals surface area contributed by atoms with Crippen LogP contribution in [0.15, 0.2) is 24.4 Å². The van der Waals surface area contributed by atoms with Crippen LogP contribution in [-0.2, 0) is 27.8 Å². The third kappa shape index (κ3) is 5.55. The Morgan fingerprint density at radius 3 is 2.51 bits per heavy atom. The van der Waals surface area contributed by atoms with Crippen LogP contribution in [0.1, 0.15) is 22.6 Å². The largest absolute Gasteiger partial charge is 0.325 e. The third-order valence-corrected chi connectivity index (χ3v) is 6.87. The number of fused-ring (bicyclic) bond motifs is 1. The van der Waals surface area contributed by atoms with Crippen LogP contribution in [0.2, 0.25) is 0 Å². The van der Waals surface area contributed by atoms with Crippen LogP contribution >= 0.6 is 0 Å². The first-order valence-corrected chi connectivity index (χ1v) is 12.7. The van der Waals surface area contributed by atoms with Crippen molar-refractivity contribution in [2.45, 2.75) is 33.4 Å². The van der Waals surface area contributed by atoms with Crippen molar-refractivity contribution in [1.29, 1.82) is 0 Å². The molecule has 0 aliphatic carbocycles. The first kappa shape index (κ1) is 26.1. The Morgan fingerprint density at radius 2 is 1.84 bits per heavy atom. The number of halogens is 3. The standard InChI is InChI=1S/C22H23F3N8O3S/c1-11-12(2)28-20(32(3)37(4,35)36)17(27-11)10-33(21(24)25)19-15(23)9-26-22(31-19)29-14-6-5-13-7-18(34)30-16(13)8-14/h5-6,8-9,21H,7,10H2,1-4H3,(H,30,34)(H,26,29,31). The van der Waals surface area contributed by atoms with E-state index in [2.05, 4.69) is 30.6 Å². The van der Waals surface area contributed by atoms with Crippen molar-refractivity contribution < 1.29 is 26.4 Å². The number of hydrogen-bond donors (Lipinski definition) is 2. The molecule has 2 aromatic heterocycles. The summed E-state index contributed by atoms with van der Waals surface area (Å²) in [6.45, 7) is -0.732. The molecule has 0 radical (unpaired) electrons. The lowest BCUT2D eigenvalue weighted by molar-refractivity contribution is -0.115. The maximum atomic E-state index is 14.7. The molecule has 3 heterocycles. The van der Waals surface area contributed by atoms with Crippen molar-refractivity contribution >= 4 is 44.9 Å². The summed E-state index contributed by atoms with van der Waals surface area (Å²) in [6, 6.07) is 4.98. The molecule has 0 bridgehead atoms. The van der Waals surface area contributed by atoms with Crippen molar-refractivity contribution in [2.75, 3.05) is 33.1 Å². The number of sulfonamides is 1. The Balaban J connectivity index is 1.68. The number of rotatable bonds is 8. The maximum Gasteiger partial charge on any atom is 0.316 e. The van der Waals surface area contributed by atoms with E-state index in [-0.39, 0.29) is 29.8 Å². The van der Waals surface area contributed by atoms with Crippen LogP contribution in [0.25, 0.3) is 0 Å². The fraction of sp³-hybridized carbons (Fsp3) is 0.318. The van der Waals surface area contributed by atoms with Gasteiger partial charge < -0.3 is 10.6 Å². The molecule has 0 fully saturated rings. The van der Waals surface area contributed by atoms with Gasteiger partial charge in [0.15, 0.2) is 17.5 Å². The molecule has 0 saturated carbocycles. The molecular weight excluding hydrogens is 513 g/mol. The molecule has 196 valence electrons. The van der Waals surface area contributed by atoms with Crippen LogP contribution in [0, 0.1) is 19.7 Å². The molecule has 0 spiro atoms. The molecule has 1 aromatic carbocycles. The quantitative estimate of drug-likeness (QED) is 0.417. The number of nitrogens with one attached hydrogen (secondary N) is 2. The predicted octanol–water partition coefficient (Wildman–Crippen LogP) is 2.89. The Kier molecular flexibility index (Phi) is 6.90. The molecule has 37 heavy (non-hydrogen) atoms. The summed E-state index contributed by atoms with van der Waals surface area (Å²) in [5.41, 5.74) is 2.51. The number of benzene rings is 1. The Hall–Kier alpha value is -4.01. The first-order chi connectivity index (χ1) is 17.3. The van der Waals surface area contributed by atoms with Crippen LogP contribution < -0.4 is 19.8 Å². The van der Waals surface area contributed by atoms with Gasteiger partial charge in [0, 0.05) is 18.4 Å². The van der Waals surface area contributed by atoms with Crippen LogP contribution in [0.5, 0.6) is 0 Å². The number of anilines is 5. The van der Waals surface area contributed by atoms with Crippen molar-refractivity contribution in [1.82, 2.24) is 19.9 Å². The summed E-state index contributed by atoms with van der Waals surface area (Å²) in [5.74, 6) is -2.34. The fourth-order valence-electron chi connectivity index (χ4n) is 3.59. The van der Waals surface area contributed by atoms with E-state index >= 15 is 0 Å². The molecule has 2 N–H and O–H groups in total. The van der Waals surface area contributed by atoms with Gasteiger partial charge in [-0.15, -0.1) is 0 Å². The van der Waals surface area contributed by atoms with E-state index in [4.69, 9.17) is 0 Å². The molecule has 15 heteroatoms. The smallest absolute Gasteiger partial charge is 0.316 e. The topological polar surface area (TPSA) is 133 Å². The second-order valence-electron chi connectivity index (χ2n) is 8.39. The van der Waals surface area contributed by atoms with Gasteiger partial charge in [0.25, 0.3) is 0 Å². The third-order valence-electron chi connectivity index (χ3n) is 5.70. The van der Waals surface area contributed by atoms with Gasteiger partial charge in [-0.1, -0.05) is 6.07 Å². The van der Waals surface area contributed by atoms with Gasteiger partial charge in [-0.2, -0.15) is 13.8 Å². The summed E-state index contributed by atoms with van der Waals surface area (Å²) in [4.78, 5) is 28.2. The molecule has 11 nitrogen and oxygen atoms in total. The molecule has 1 aliphatic rings. The monoisotopic (exact) mass is 536 g/mol. The van der Waals surface area contributed by atoms with Gasteiger partial charge in [0.05, 0.1) is 36.8 Å². The summed E-state index contributed by atoms with van der Waals surface area (Å²) < 4.78 is 68.2. The first-order valence-electron chi connectivity index (χ1n) is 10.9. The average molecular weight is 537 g/mol. The lowest BCUT2D eigenvalue weighted by Crippen LogP contribution is -2.33. The Labute approximate surface area is 210 Å². The molecule has 0 atom stereocenters. The summed E-state index contributed by atoms with van der Waals surface area (Å²) in [5, 5.41) is 5.50. The average Bonchev–Trinajstić information content (AvgIpc) is 3.19. The highest BCUT2D eigenvalue weighted by atomic mass is 32.2. The van der Waals surface area contributed by atoms with Gasteiger partial charge in [-0.05, 0) is 31.5 Å². The highest BCUT2D eigenvalue weighted by Crippen LogP contribution is 2.30. The molecule has 0 unspecified atom stereocenters. The van der Waals surface area contributed by atoms with Crippen molar-refractivity contribution in [3.8, 4) is 0 Å². The summed E-state index contributed by atoms with van der Waals surface area (Å²) in [7, 11) is -2.58. The molecule has 4 rings (SSSR count). The van der Waals surface area contributed by atoms with Crippen LogP contribution in [-0.4, -0.2) is 54.1 Å². The van der Waals surface area contributed by atoms with Crippen LogP contribution in [0.4, 0.5) is 42.1 Å². The van der Waals surface area contributed by atoms with Gasteiger partial charge in [-0.3, -0.25) is 19.0 Å². The number of aromatic nitrogens is 4. The zero-order chi connectivity index (χ0) is 27.1. The predicted molar refractivity (Wildman–Crippen MR) is 131 cm³/mol. The molecule has 1 amide bonds. The molecule has 0 saturated heterocycles. The molecular formula is C22H23F3N8O3S. The number of alkyl halides is 2. The number of carbonyl (C=O) groups is 1. The van der Waals surface area contributed by atoms with E-state index in [0.717, 1.165) is 22.3 Å². The Morgan fingerprint density at radius 1 is 1.14 bits per heavy atom. The number of carbonyl (C=O) groups excluding carboxylic acids is 1. The highest BCUT2D eigenvalue weighted by molar-refractivity contribution is 7.92. The van der Waals surface area contributed by atoms with Gasteiger partial charge in [-0.25, -0.2) is 22.8 Å². The maximum absolute atomic E-state index is 14.7. The number of hydrogen-bond acceptors (Lipinski definition) is 9. The molecule has 1 aliphatic heterocycles. The van der Waals surface area contributed by atoms with Crippen molar-refractivity contribution in [2.24, 2.45) is 0 Å². The minimum Gasteiger partial charge on any atom is -0.325 e. The number of aryl methyl sites for hydroxylation is 2. The number of nitrogens with zero attached hydrogens (tertiary/aromatic N) is 6. The van der Waals surface area contributed by atoms with Gasteiger partial charge in [0.2, 0.25) is 21.9 Å². The van der Waals surface area contributed by atoms with Crippen molar-refractivity contribution in [3.63, 3.8) is 0 Å². The Bertz CT molecular complexity index is 1490. The van der Waals surface area contributed by atoms with E-state index in [9.17, 15) is 26.4 Å². The van der Waals surface area contributed by atoms with Crippen molar-refractivity contribution in [3.05, 3.63) is 52.9 Å².